The van der Waals surface area contributed by atoms with Crippen LogP contribution in [0.1, 0.15) is 56.1 Å². The lowest BCUT2D eigenvalue weighted by Crippen LogP contribution is -2.33. The van der Waals surface area contributed by atoms with E-state index in [1.54, 1.807) is 0 Å². The first kappa shape index (κ1) is 12.7. The molecule has 0 N–H and O–H groups in total. The predicted molar refractivity (Wildman–Crippen MR) is 82.2 cm³/mol. The summed E-state index contributed by atoms with van der Waals surface area (Å²) < 4.78 is 5.73. The predicted octanol–water partition coefficient (Wildman–Crippen LogP) is 4.86. The van der Waals surface area contributed by atoms with E-state index < -0.39 is 0 Å². The molecule has 3 saturated carbocycles. The van der Waals surface area contributed by atoms with Crippen LogP contribution in [0.25, 0.3) is 0 Å². The van der Waals surface area contributed by atoms with Gasteiger partial charge in [-0.1, -0.05) is 30.5 Å². The topological polar surface area (TPSA) is 9.23 Å². The second-order valence-electron chi connectivity index (χ2n) is 7.64. The van der Waals surface area contributed by atoms with Gasteiger partial charge in [0.25, 0.3) is 0 Å². The lowest BCUT2D eigenvalue weighted by atomic mass is 9.63. The Morgan fingerprint density at radius 2 is 2.00 bits per heavy atom. The van der Waals surface area contributed by atoms with Crippen molar-refractivity contribution in [1.82, 2.24) is 0 Å². The van der Waals surface area contributed by atoms with Crippen molar-refractivity contribution in [2.75, 3.05) is 7.11 Å². The number of ether oxygens (including phenoxy) is 1. The second-order valence-corrected chi connectivity index (χ2v) is 7.64. The Balaban J connectivity index is 1.81. The van der Waals surface area contributed by atoms with Crippen LogP contribution in [-0.4, -0.2) is 7.11 Å². The third kappa shape index (κ3) is 1.82. The van der Waals surface area contributed by atoms with E-state index in [1.807, 2.05) is 7.11 Å². The van der Waals surface area contributed by atoms with Gasteiger partial charge in [-0.2, -0.15) is 0 Å². The van der Waals surface area contributed by atoms with Gasteiger partial charge in [0.1, 0.15) is 5.75 Å². The molecule has 3 fully saturated rings. The molecular weight excluding hydrogens is 244 g/mol. The van der Waals surface area contributed by atoms with E-state index in [0.29, 0.717) is 5.41 Å². The minimum Gasteiger partial charge on any atom is -0.496 e. The Labute approximate surface area is 122 Å². The van der Waals surface area contributed by atoms with Crippen LogP contribution in [0.4, 0.5) is 0 Å². The number of aryl methyl sites for hydroxylation is 1. The van der Waals surface area contributed by atoms with Gasteiger partial charge in [0, 0.05) is 5.56 Å². The fourth-order valence-electron chi connectivity index (χ4n) is 5.74. The van der Waals surface area contributed by atoms with Crippen LogP contribution in [0.3, 0.4) is 0 Å². The minimum absolute atomic E-state index is 0.427. The summed E-state index contributed by atoms with van der Waals surface area (Å²) in [6.07, 6.45) is 10.2. The molecule has 0 saturated heterocycles. The van der Waals surface area contributed by atoms with E-state index in [2.05, 4.69) is 25.1 Å². The molecule has 1 nitrogen and oxygen atoms in total. The average molecular weight is 270 g/mol. The van der Waals surface area contributed by atoms with Gasteiger partial charge in [0.05, 0.1) is 7.11 Å². The Kier molecular flexibility index (Phi) is 2.87. The first-order valence-electron chi connectivity index (χ1n) is 8.35. The number of rotatable bonds is 2. The fraction of sp³-hybridized carbons (Fsp3) is 0.684. The Bertz CT molecular complexity index is 520. The van der Waals surface area contributed by atoms with Crippen molar-refractivity contribution >= 4 is 0 Å². The van der Waals surface area contributed by atoms with Gasteiger partial charge < -0.3 is 4.74 Å². The molecule has 3 bridgehead atoms. The number of hydrogen-bond donors (Lipinski definition) is 0. The van der Waals surface area contributed by atoms with Crippen LogP contribution in [0.5, 0.6) is 5.75 Å². The SMILES string of the molecule is COc1ccc(C)cc1C12CCCC3CC(CC3C1)C2. The molecule has 4 rings (SSSR count). The zero-order valence-corrected chi connectivity index (χ0v) is 12.8. The lowest BCUT2D eigenvalue weighted by molar-refractivity contribution is 0.201. The van der Waals surface area contributed by atoms with Crippen LogP contribution >= 0.6 is 0 Å². The number of fused-ring (bicyclic) bond motifs is 2. The normalized spacial score (nSPS) is 38.8. The standard InChI is InChI=1S/C19H26O/c1-13-5-6-18(20-2)17(8-13)19-7-3-4-15-9-14(11-19)10-16(15)12-19/h5-6,8,14-16H,3-4,7,9-12H2,1-2H3. The van der Waals surface area contributed by atoms with Gasteiger partial charge in [-0.25, -0.2) is 0 Å². The molecule has 0 aromatic heterocycles. The average Bonchev–Trinajstić information content (AvgIpc) is 2.65. The van der Waals surface area contributed by atoms with Crippen LogP contribution in [0.2, 0.25) is 0 Å². The molecule has 0 spiro atoms. The first-order chi connectivity index (χ1) is 9.70. The molecule has 4 atom stereocenters. The number of hydrogen-bond acceptors (Lipinski definition) is 1. The summed E-state index contributed by atoms with van der Waals surface area (Å²) in [4.78, 5) is 0. The molecule has 1 aromatic rings. The highest BCUT2D eigenvalue weighted by Crippen LogP contribution is 2.60. The molecule has 1 aromatic carbocycles. The van der Waals surface area contributed by atoms with E-state index >= 15 is 0 Å². The molecule has 1 heteroatoms. The zero-order chi connectivity index (χ0) is 13.7. The fourth-order valence-corrected chi connectivity index (χ4v) is 5.74. The van der Waals surface area contributed by atoms with Crippen LogP contribution < -0.4 is 4.74 Å². The van der Waals surface area contributed by atoms with Crippen molar-refractivity contribution in [3.8, 4) is 5.75 Å². The van der Waals surface area contributed by atoms with Gasteiger partial charge in [-0.15, -0.1) is 0 Å². The summed E-state index contributed by atoms with van der Waals surface area (Å²) in [7, 11) is 1.84. The van der Waals surface area contributed by atoms with Crippen molar-refractivity contribution in [3.63, 3.8) is 0 Å². The first-order valence-corrected chi connectivity index (χ1v) is 8.35. The smallest absolute Gasteiger partial charge is 0.122 e. The third-order valence-corrected chi connectivity index (χ3v) is 6.43. The summed E-state index contributed by atoms with van der Waals surface area (Å²) in [6, 6.07) is 6.80. The van der Waals surface area contributed by atoms with Crippen molar-refractivity contribution in [3.05, 3.63) is 29.3 Å². The number of methoxy groups -OCH3 is 1. The van der Waals surface area contributed by atoms with E-state index in [9.17, 15) is 0 Å². The summed E-state index contributed by atoms with van der Waals surface area (Å²) >= 11 is 0. The quantitative estimate of drug-likeness (QED) is 0.745. The van der Waals surface area contributed by atoms with E-state index in [4.69, 9.17) is 4.74 Å². The van der Waals surface area contributed by atoms with Gasteiger partial charge >= 0.3 is 0 Å². The molecule has 3 aliphatic rings. The third-order valence-electron chi connectivity index (χ3n) is 6.43. The van der Waals surface area contributed by atoms with Crippen molar-refractivity contribution in [1.29, 1.82) is 0 Å². The maximum absolute atomic E-state index is 5.73. The Hall–Kier alpha value is -0.980. The summed E-state index contributed by atoms with van der Waals surface area (Å²) in [5.41, 5.74) is 3.34. The summed E-state index contributed by atoms with van der Waals surface area (Å²) in [6.45, 7) is 2.22. The zero-order valence-electron chi connectivity index (χ0n) is 12.8. The molecule has 0 amide bonds. The van der Waals surface area contributed by atoms with Gasteiger partial charge in [-0.3, -0.25) is 0 Å². The highest BCUT2D eigenvalue weighted by Gasteiger charge is 2.51. The molecule has 108 valence electrons. The molecule has 3 aliphatic carbocycles. The molecular formula is C19H26O. The highest BCUT2D eigenvalue weighted by molar-refractivity contribution is 5.43. The largest absolute Gasteiger partial charge is 0.496 e. The molecule has 20 heavy (non-hydrogen) atoms. The van der Waals surface area contributed by atoms with E-state index in [-0.39, 0.29) is 0 Å². The van der Waals surface area contributed by atoms with Crippen molar-refractivity contribution in [2.45, 2.75) is 57.3 Å². The molecule has 4 unspecified atom stereocenters. The summed E-state index contributed by atoms with van der Waals surface area (Å²) in [5, 5.41) is 0. The lowest BCUT2D eigenvalue weighted by Gasteiger charge is -2.41. The highest BCUT2D eigenvalue weighted by atomic mass is 16.5. The van der Waals surface area contributed by atoms with Crippen molar-refractivity contribution < 1.29 is 4.74 Å². The maximum Gasteiger partial charge on any atom is 0.122 e. The monoisotopic (exact) mass is 270 g/mol. The van der Waals surface area contributed by atoms with E-state index in [1.165, 1.54) is 56.1 Å². The Morgan fingerprint density at radius 1 is 1.15 bits per heavy atom. The Morgan fingerprint density at radius 3 is 2.85 bits per heavy atom. The van der Waals surface area contributed by atoms with Crippen LogP contribution in [-0.2, 0) is 5.41 Å². The van der Waals surface area contributed by atoms with Crippen LogP contribution in [0, 0.1) is 24.7 Å². The van der Waals surface area contributed by atoms with Crippen LogP contribution in [0.15, 0.2) is 18.2 Å². The van der Waals surface area contributed by atoms with Gasteiger partial charge in [0.2, 0.25) is 0 Å². The minimum atomic E-state index is 0.427. The molecule has 0 heterocycles. The van der Waals surface area contributed by atoms with E-state index in [0.717, 1.165) is 23.5 Å². The second kappa shape index (κ2) is 4.51. The number of benzene rings is 1. The van der Waals surface area contributed by atoms with Gasteiger partial charge in [-0.05, 0) is 68.3 Å². The summed E-state index contributed by atoms with van der Waals surface area (Å²) in [5.74, 6) is 4.17. The molecule has 0 radical (unpaired) electrons. The van der Waals surface area contributed by atoms with Crippen molar-refractivity contribution in [2.24, 2.45) is 17.8 Å². The van der Waals surface area contributed by atoms with Gasteiger partial charge in [0.15, 0.2) is 0 Å². The molecule has 0 aliphatic heterocycles. The maximum atomic E-state index is 5.73.